The average molecular weight is 324 g/mol. The molecule has 1 aromatic rings. The van der Waals surface area contributed by atoms with Gasteiger partial charge in [-0.3, -0.25) is 0 Å². The second-order valence-electron chi connectivity index (χ2n) is 4.94. The van der Waals surface area contributed by atoms with Crippen LogP contribution in [0.1, 0.15) is 23.1 Å². The van der Waals surface area contributed by atoms with Crippen molar-refractivity contribution in [2.24, 2.45) is 5.73 Å². The first-order valence-corrected chi connectivity index (χ1v) is 7.76. The highest BCUT2D eigenvalue weighted by molar-refractivity contribution is 7.89. The van der Waals surface area contributed by atoms with E-state index in [4.69, 9.17) is 5.73 Å². The molecular weight excluding hydrogens is 305 g/mol. The molecule has 0 aliphatic rings. The molecule has 0 spiro atoms. The van der Waals surface area contributed by atoms with Crippen LogP contribution in [-0.4, -0.2) is 32.5 Å². The summed E-state index contributed by atoms with van der Waals surface area (Å²) in [7, 11) is -2.82. The van der Waals surface area contributed by atoms with Crippen molar-refractivity contribution >= 4 is 10.0 Å². The average Bonchev–Trinajstić information content (AvgIpc) is 2.34. The molecule has 4 nitrogen and oxygen atoms in total. The maximum absolute atomic E-state index is 12.4. The van der Waals surface area contributed by atoms with Crippen LogP contribution in [0.25, 0.3) is 0 Å². The van der Waals surface area contributed by atoms with Gasteiger partial charge >= 0.3 is 6.18 Å². The lowest BCUT2D eigenvalue weighted by Crippen LogP contribution is -2.31. The van der Waals surface area contributed by atoms with E-state index in [2.05, 4.69) is 0 Å². The Labute approximate surface area is 122 Å². The molecule has 0 atom stereocenters. The Morgan fingerprint density at radius 2 is 1.76 bits per heavy atom. The van der Waals surface area contributed by atoms with Crippen molar-refractivity contribution in [1.29, 1.82) is 0 Å². The van der Waals surface area contributed by atoms with Gasteiger partial charge in [0.2, 0.25) is 10.0 Å². The molecule has 0 aliphatic carbocycles. The first-order chi connectivity index (χ1) is 9.49. The highest BCUT2D eigenvalue weighted by Gasteiger charge is 2.31. The van der Waals surface area contributed by atoms with Crippen LogP contribution in [-0.2, 0) is 16.6 Å². The first-order valence-electron chi connectivity index (χ1n) is 6.32. The molecule has 2 N–H and O–H groups in total. The Bertz CT molecular complexity index is 613. The molecule has 0 radical (unpaired) electrons. The Hall–Kier alpha value is -1.12. The molecule has 1 rings (SSSR count). The summed E-state index contributed by atoms with van der Waals surface area (Å²) in [5, 5.41) is 0. The van der Waals surface area contributed by atoms with E-state index in [9.17, 15) is 21.6 Å². The van der Waals surface area contributed by atoms with Gasteiger partial charge in [-0.05, 0) is 36.6 Å². The summed E-state index contributed by atoms with van der Waals surface area (Å²) in [5.41, 5.74) is 7.55. The summed E-state index contributed by atoms with van der Waals surface area (Å²) in [6.07, 6.45) is -5.58. The minimum absolute atomic E-state index is 0.00164. The van der Waals surface area contributed by atoms with Gasteiger partial charge in [0.1, 0.15) is 0 Å². The molecule has 0 saturated heterocycles. The number of halogens is 3. The number of alkyl halides is 3. The molecule has 0 amide bonds. The van der Waals surface area contributed by atoms with E-state index in [1.165, 1.54) is 6.07 Å². The molecule has 0 heterocycles. The molecule has 1 aromatic carbocycles. The van der Waals surface area contributed by atoms with Crippen LogP contribution in [0, 0.1) is 13.8 Å². The smallest absolute Gasteiger partial charge is 0.326 e. The van der Waals surface area contributed by atoms with Crippen molar-refractivity contribution in [2.75, 3.05) is 13.6 Å². The van der Waals surface area contributed by atoms with Gasteiger partial charge in [-0.15, -0.1) is 0 Å². The molecule has 0 bridgehead atoms. The van der Waals surface area contributed by atoms with Gasteiger partial charge in [-0.1, -0.05) is 6.07 Å². The predicted molar refractivity (Wildman–Crippen MR) is 74.3 cm³/mol. The first kappa shape index (κ1) is 17.9. The third-order valence-corrected chi connectivity index (χ3v) is 5.25. The van der Waals surface area contributed by atoms with Crippen molar-refractivity contribution < 1.29 is 21.6 Å². The Morgan fingerprint density at radius 1 is 1.19 bits per heavy atom. The Balaban J connectivity index is 3.13. The number of sulfonamides is 1. The molecule has 0 fully saturated rings. The zero-order chi connectivity index (χ0) is 16.4. The molecule has 8 heteroatoms. The number of nitrogens with two attached hydrogens (primary N) is 1. The van der Waals surface area contributed by atoms with E-state index in [-0.39, 0.29) is 11.4 Å². The van der Waals surface area contributed by atoms with E-state index in [0.29, 0.717) is 11.1 Å². The van der Waals surface area contributed by atoms with Gasteiger partial charge in [0.05, 0.1) is 11.3 Å². The SMILES string of the molecule is Cc1cc(C)c(S(=O)(=O)N(C)CCC(F)(F)F)cc1CN. The van der Waals surface area contributed by atoms with Crippen LogP contribution < -0.4 is 5.73 Å². The van der Waals surface area contributed by atoms with Crippen LogP contribution in [0.15, 0.2) is 17.0 Å². The zero-order valence-corrected chi connectivity index (χ0v) is 13.0. The monoisotopic (exact) mass is 324 g/mol. The lowest BCUT2D eigenvalue weighted by molar-refractivity contribution is -0.135. The standard InChI is InChI=1S/C13H19F3N2O2S/c1-9-6-10(2)12(7-11(9)8-17)21(19,20)18(3)5-4-13(14,15)16/h6-7H,4-5,8,17H2,1-3H3. The third-order valence-electron chi connectivity index (χ3n) is 3.25. The third kappa shape index (κ3) is 4.42. The second-order valence-corrected chi connectivity index (χ2v) is 6.95. The summed E-state index contributed by atoms with van der Waals surface area (Å²) in [6.45, 7) is 2.97. The summed E-state index contributed by atoms with van der Waals surface area (Å²) in [6, 6.07) is 3.11. The summed E-state index contributed by atoms with van der Waals surface area (Å²) >= 11 is 0. The number of rotatable bonds is 5. The lowest BCUT2D eigenvalue weighted by atomic mass is 10.1. The van der Waals surface area contributed by atoms with Gasteiger partial charge < -0.3 is 5.73 Å². The highest BCUT2D eigenvalue weighted by atomic mass is 32.2. The number of hydrogen-bond donors (Lipinski definition) is 1. The van der Waals surface area contributed by atoms with E-state index < -0.39 is 29.2 Å². The molecule has 0 aromatic heterocycles. The van der Waals surface area contributed by atoms with Crippen LogP contribution in [0.4, 0.5) is 13.2 Å². The van der Waals surface area contributed by atoms with Crippen LogP contribution in [0.5, 0.6) is 0 Å². The molecule has 0 aliphatic heterocycles. The van der Waals surface area contributed by atoms with Crippen molar-refractivity contribution in [3.05, 3.63) is 28.8 Å². The van der Waals surface area contributed by atoms with Gasteiger partial charge in [-0.25, -0.2) is 12.7 Å². The summed E-state index contributed by atoms with van der Waals surface area (Å²) in [4.78, 5) is -0.00164. The maximum atomic E-state index is 12.4. The van der Waals surface area contributed by atoms with Gasteiger partial charge in [0.15, 0.2) is 0 Å². The summed E-state index contributed by atoms with van der Waals surface area (Å²) < 4.78 is 62.1. The van der Waals surface area contributed by atoms with Crippen molar-refractivity contribution in [2.45, 2.75) is 37.9 Å². The van der Waals surface area contributed by atoms with Crippen molar-refractivity contribution in [3.8, 4) is 0 Å². The number of hydrogen-bond acceptors (Lipinski definition) is 3. The van der Waals surface area contributed by atoms with E-state index in [0.717, 1.165) is 16.9 Å². The van der Waals surface area contributed by atoms with Crippen LogP contribution in [0.3, 0.4) is 0 Å². The number of benzene rings is 1. The lowest BCUT2D eigenvalue weighted by Gasteiger charge is -2.20. The molecule has 0 unspecified atom stereocenters. The fourth-order valence-electron chi connectivity index (χ4n) is 1.94. The molecular formula is C13H19F3N2O2S. The largest absolute Gasteiger partial charge is 0.390 e. The molecule has 21 heavy (non-hydrogen) atoms. The minimum Gasteiger partial charge on any atom is -0.326 e. The summed E-state index contributed by atoms with van der Waals surface area (Å²) in [5.74, 6) is 0. The second kappa shape index (κ2) is 6.33. The maximum Gasteiger partial charge on any atom is 0.390 e. The normalized spacial score (nSPS) is 13.0. The van der Waals surface area contributed by atoms with Crippen molar-refractivity contribution in [3.63, 3.8) is 0 Å². The molecule has 0 saturated carbocycles. The van der Waals surface area contributed by atoms with Gasteiger partial charge in [-0.2, -0.15) is 13.2 Å². The number of aryl methyl sites for hydroxylation is 2. The fraction of sp³-hybridized carbons (Fsp3) is 0.538. The minimum atomic E-state index is -4.39. The van der Waals surface area contributed by atoms with Gasteiger partial charge in [0.25, 0.3) is 0 Å². The molecule has 120 valence electrons. The fourth-order valence-corrected chi connectivity index (χ4v) is 3.37. The van der Waals surface area contributed by atoms with Crippen LogP contribution >= 0.6 is 0 Å². The van der Waals surface area contributed by atoms with Crippen LogP contribution in [0.2, 0.25) is 0 Å². The predicted octanol–water partition coefficient (Wildman–Crippen LogP) is 2.34. The Kier molecular flexibility index (Phi) is 5.40. The topological polar surface area (TPSA) is 63.4 Å². The zero-order valence-electron chi connectivity index (χ0n) is 12.2. The van der Waals surface area contributed by atoms with E-state index in [1.807, 2.05) is 0 Å². The van der Waals surface area contributed by atoms with E-state index in [1.54, 1.807) is 19.9 Å². The van der Waals surface area contributed by atoms with Crippen molar-refractivity contribution in [1.82, 2.24) is 4.31 Å². The Morgan fingerprint density at radius 3 is 2.24 bits per heavy atom. The highest BCUT2D eigenvalue weighted by Crippen LogP contribution is 2.25. The van der Waals surface area contributed by atoms with Gasteiger partial charge in [0, 0.05) is 20.1 Å². The van der Waals surface area contributed by atoms with E-state index >= 15 is 0 Å². The number of nitrogens with zero attached hydrogens (tertiary/aromatic N) is 1. The quantitative estimate of drug-likeness (QED) is 0.904.